The molecule has 1 unspecified atom stereocenters. The Kier molecular flexibility index (Phi) is 4.18. The molecule has 0 aromatic rings. The lowest BCUT2D eigenvalue weighted by Crippen LogP contribution is -2.00. The number of aliphatic hydroxyl groups is 1. The molecule has 1 atom stereocenters. The van der Waals surface area contributed by atoms with Crippen LogP contribution in [0.15, 0.2) is 12.7 Å². The van der Waals surface area contributed by atoms with Crippen LogP contribution in [0.3, 0.4) is 0 Å². The predicted octanol–water partition coefficient (Wildman–Crippen LogP) is 0.395. The van der Waals surface area contributed by atoms with Crippen LogP contribution in [-0.4, -0.2) is 17.3 Å². The Morgan fingerprint density at radius 1 is 2.00 bits per heavy atom. The van der Waals surface area contributed by atoms with Crippen molar-refractivity contribution >= 4 is 12.6 Å². The van der Waals surface area contributed by atoms with Crippen molar-refractivity contribution in [1.82, 2.24) is 0 Å². The van der Waals surface area contributed by atoms with Gasteiger partial charge in [-0.05, 0) is 0 Å². The number of hydrogen-bond donors (Lipinski definition) is 2. The predicted molar refractivity (Wildman–Crippen MR) is 31.1 cm³/mol. The van der Waals surface area contributed by atoms with Gasteiger partial charge >= 0.3 is 0 Å². The Bertz CT molecular complexity index is 55.7. The van der Waals surface area contributed by atoms with Crippen LogP contribution in [-0.2, 0) is 4.74 Å². The zero-order valence-electron chi connectivity index (χ0n) is 3.87. The van der Waals surface area contributed by atoms with Crippen LogP contribution in [0.1, 0.15) is 0 Å². The molecular weight excluding hydrogens is 112 g/mol. The van der Waals surface area contributed by atoms with Gasteiger partial charge in [0.1, 0.15) is 12.2 Å². The highest BCUT2D eigenvalue weighted by Crippen LogP contribution is 1.94. The van der Waals surface area contributed by atoms with E-state index in [0.717, 1.165) is 0 Å². The highest BCUT2D eigenvalue weighted by molar-refractivity contribution is 7.80. The molecule has 3 heteroatoms. The second-order valence-electron chi connectivity index (χ2n) is 0.922. The van der Waals surface area contributed by atoms with E-state index in [2.05, 4.69) is 23.9 Å². The molecule has 0 aliphatic rings. The molecule has 0 radical (unpaired) electrons. The summed E-state index contributed by atoms with van der Waals surface area (Å²) in [6, 6.07) is 0. The molecule has 2 nitrogen and oxygen atoms in total. The molecule has 0 aromatic carbocycles. The molecule has 0 saturated heterocycles. The van der Waals surface area contributed by atoms with E-state index in [-0.39, 0.29) is 12.2 Å². The minimum Gasteiger partial charge on any atom is -0.371 e. The van der Waals surface area contributed by atoms with Crippen molar-refractivity contribution in [3.63, 3.8) is 0 Å². The largest absolute Gasteiger partial charge is 0.371 e. The molecule has 0 aliphatic heterocycles. The minimum atomic E-state index is -0.343. The minimum absolute atomic E-state index is 0.305. The van der Waals surface area contributed by atoms with Gasteiger partial charge in [-0.15, -0.1) is 12.6 Å². The van der Waals surface area contributed by atoms with Gasteiger partial charge in [0.2, 0.25) is 0 Å². The Labute approximate surface area is 48.2 Å². The lowest BCUT2D eigenvalue weighted by molar-refractivity contribution is 0.00126. The third-order valence-corrected chi connectivity index (χ3v) is 0.807. The average molecular weight is 120 g/mol. The number of hydrogen-bond acceptors (Lipinski definition) is 3. The summed E-state index contributed by atoms with van der Waals surface area (Å²) in [4.78, 5) is 0. The Morgan fingerprint density at radius 2 is 2.57 bits per heavy atom. The summed E-state index contributed by atoms with van der Waals surface area (Å²) in [5.74, 6) is 0. The van der Waals surface area contributed by atoms with E-state index >= 15 is 0 Å². The Balaban J connectivity index is 2.98. The molecular formula is C4H8O2S. The molecule has 0 heterocycles. The van der Waals surface area contributed by atoms with E-state index in [1.54, 1.807) is 0 Å². The van der Waals surface area contributed by atoms with Crippen molar-refractivity contribution < 1.29 is 9.84 Å². The molecule has 42 valence electrons. The van der Waals surface area contributed by atoms with Gasteiger partial charge in [-0.1, -0.05) is 12.7 Å². The summed E-state index contributed by atoms with van der Waals surface area (Å²) in [7, 11) is 0. The van der Waals surface area contributed by atoms with Gasteiger partial charge in [0, 0.05) is 0 Å². The molecule has 0 bridgehead atoms. The first kappa shape index (κ1) is 7.01. The third kappa shape index (κ3) is 3.85. The van der Waals surface area contributed by atoms with Gasteiger partial charge in [0.15, 0.2) is 0 Å². The maximum atomic E-state index is 8.05. The number of thiol groups is 1. The maximum Gasteiger partial charge on any atom is 0.145 e. The van der Waals surface area contributed by atoms with Gasteiger partial charge in [-0.3, -0.25) is 0 Å². The number of aliphatic hydroxyl groups excluding tert-OH is 1. The molecule has 0 amide bonds. The molecule has 0 aromatic heterocycles. The average Bonchev–Trinajstić information content (AvgIpc) is 1.68. The summed E-state index contributed by atoms with van der Waals surface area (Å²) in [6.45, 7) is 3.06. The van der Waals surface area contributed by atoms with Crippen LogP contribution in [0.4, 0.5) is 0 Å². The fourth-order valence-electron chi connectivity index (χ4n) is 0.144. The van der Waals surface area contributed by atoms with Crippen LogP contribution >= 0.6 is 12.6 Å². The smallest absolute Gasteiger partial charge is 0.145 e. The van der Waals surface area contributed by atoms with Crippen LogP contribution in [0.2, 0.25) is 0 Å². The second kappa shape index (κ2) is 4.18. The van der Waals surface area contributed by atoms with E-state index < -0.39 is 0 Å². The van der Waals surface area contributed by atoms with Crippen molar-refractivity contribution in [2.24, 2.45) is 0 Å². The van der Waals surface area contributed by atoms with E-state index in [9.17, 15) is 0 Å². The zero-order valence-corrected chi connectivity index (χ0v) is 4.77. The fraction of sp³-hybridized carbons (Fsp3) is 0.500. The van der Waals surface area contributed by atoms with E-state index in [1.807, 2.05) is 0 Å². The quantitative estimate of drug-likeness (QED) is 0.320. The lowest BCUT2D eigenvalue weighted by Gasteiger charge is -2.00. The summed E-state index contributed by atoms with van der Waals surface area (Å²) >= 11 is 3.81. The SMILES string of the molecule is C=CC(S)OCO. The molecule has 0 fully saturated rings. The van der Waals surface area contributed by atoms with E-state index in [1.165, 1.54) is 6.08 Å². The van der Waals surface area contributed by atoms with Crippen LogP contribution in [0, 0.1) is 0 Å². The fourth-order valence-corrected chi connectivity index (χ4v) is 0.211. The maximum absolute atomic E-state index is 8.05. The van der Waals surface area contributed by atoms with Crippen molar-refractivity contribution in [2.75, 3.05) is 6.79 Å². The zero-order chi connectivity index (χ0) is 5.70. The monoisotopic (exact) mass is 120 g/mol. The van der Waals surface area contributed by atoms with E-state index in [4.69, 9.17) is 5.11 Å². The first-order valence-corrected chi connectivity index (χ1v) is 2.36. The molecule has 7 heavy (non-hydrogen) atoms. The van der Waals surface area contributed by atoms with Crippen LogP contribution < -0.4 is 0 Å². The van der Waals surface area contributed by atoms with Gasteiger partial charge < -0.3 is 9.84 Å². The van der Waals surface area contributed by atoms with Gasteiger partial charge in [-0.2, -0.15) is 0 Å². The third-order valence-electron chi connectivity index (χ3n) is 0.447. The topological polar surface area (TPSA) is 29.5 Å². The van der Waals surface area contributed by atoms with Crippen molar-refractivity contribution in [1.29, 1.82) is 0 Å². The highest BCUT2D eigenvalue weighted by Gasteiger charge is 1.89. The lowest BCUT2D eigenvalue weighted by atomic mass is 10.7. The molecule has 0 spiro atoms. The standard InChI is InChI=1S/C4H8O2S/c1-2-4(7)6-3-5/h2,4-5,7H,1,3H2. The van der Waals surface area contributed by atoms with E-state index in [0.29, 0.717) is 0 Å². The van der Waals surface area contributed by atoms with Crippen LogP contribution in [0.5, 0.6) is 0 Å². The van der Waals surface area contributed by atoms with Gasteiger partial charge in [-0.25, -0.2) is 0 Å². The second-order valence-corrected chi connectivity index (χ2v) is 1.43. The molecule has 0 aliphatic carbocycles. The normalized spacial score (nSPS) is 13.4. The molecule has 1 N–H and O–H groups in total. The highest BCUT2D eigenvalue weighted by atomic mass is 32.1. The molecule has 0 rings (SSSR count). The number of ether oxygens (including phenoxy) is 1. The van der Waals surface area contributed by atoms with Crippen molar-refractivity contribution in [3.8, 4) is 0 Å². The number of rotatable bonds is 3. The first-order valence-electron chi connectivity index (χ1n) is 1.84. The summed E-state index contributed by atoms with van der Waals surface area (Å²) in [6.07, 6.45) is 1.49. The van der Waals surface area contributed by atoms with Gasteiger partial charge in [0.05, 0.1) is 0 Å². The Hall–Kier alpha value is 0.01000. The molecule has 0 saturated carbocycles. The Morgan fingerprint density at radius 3 is 2.71 bits per heavy atom. The van der Waals surface area contributed by atoms with Gasteiger partial charge in [0.25, 0.3) is 0 Å². The summed E-state index contributed by atoms with van der Waals surface area (Å²) in [5.41, 5.74) is -0.343. The van der Waals surface area contributed by atoms with Crippen molar-refractivity contribution in [2.45, 2.75) is 5.44 Å². The van der Waals surface area contributed by atoms with Crippen molar-refractivity contribution in [3.05, 3.63) is 12.7 Å². The van der Waals surface area contributed by atoms with Crippen LogP contribution in [0.25, 0.3) is 0 Å². The first-order chi connectivity index (χ1) is 3.31. The summed E-state index contributed by atoms with van der Waals surface area (Å²) < 4.78 is 4.49. The summed E-state index contributed by atoms with van der Waals surface area (Å²) in [5, 5.41) is 8.05.